The molecule has 0 radical (unpaired) electrons. The van der Waals surface area contributed by atoms with Crippen LogP contribution in [-0.2, 0) is 14.8 Å². The Bertz CT molecular complexity index is 2790. The minimum Gasteiger partial charge on any atom is -0.489 e. The van der Waals surface area contributed by atoms with Gasteiger partial charge in [-0.25, -0.2) is 18.1 Å². The van der Waals surface area contributed by atoms with Crippen molar-refractivity contribution >= 4 is 49.8 Å². The second kappa shape index (κ2) is 17.7. The van der Waals surface area contributed by atoms with E-state index in [2.05, 4.69) is 73.1 Å². The second-order valence-corrected chi connectivity index (χ2v) is 21.7. The summed E-state index contributed by atoms with van der Waals surface area (Å²) < 4.78 is 48.6. The Morgan fingerprint density at radius 3 is 2.54 bits per heavy atom. The number of nitrogens with one attached hydrogen (secondary N) is 3. The summed E-state index contributed by atoms with van der Waals surface area (Å²) in [5.74, 6) is 0.196. The number of rotatable bonds is 11. The monoisotopic (exact) mass is 932 g/mol. The van der Waals surface area contributed by atoms with Crippen molar-refractivity contribution in [2.24, 2.45) is 16.5 Å². The number of nitrogens with two attached hydrogens (primary N) is 1. The third-order valence-corrected chi connectivity index (χ3v) is 16.5. The summed E-state index contributed by atoms with van der Waals surface area (Å²) in [6, 6.07) is 20.5. The maximum atomic E-state index is 14.2. The molecule has 1 amide bonds. The number of nitrogen functional groups attached to an aromatic ring is 1. The first-order valence-corrected chi connectivity index (χ1v) is 25.1. The van der Waals surface area contributed by atoms with E-state index < -0.39 is 21.5 Å². The molecular formula is C50H60N8O8S. The number of aliphatic hydroxyl groups is 1. The number of nitrogens with zero attached hydrogens (tertiary/aromatic N) is 4. The minimum absolute atomic E-state index is 0.0470. The number of amides is 1. The number of piperidine rings is 1. The summed E-state index contributed by atoms with van der Waals surface area (Å²) >= 11 is 0. The molecule has 67 heavy (non-hydrogen) atoms. The lowest BCUT2D eigenvalue weighted by Gasteiger charge is -2.57. The number of carbonyl (C=O) groups excluding carboxylic acids is 1. The molecule has 5 aromatic rings. The van der Waals surface area contributed by atoms with Gasteiger partial charge in [0, 0.05) is 55.1 Å². The van der Waals surface area contributed by atoms with E-state index in [-0.39, 0.29) is 69.2 Å². The van der Waals surface area contributed by atoms with E-state index in [0.29, 0.717) is 42.7 Å². The molecule has 6 N–H and O–H groups in total. The van der Waals surface area contributed by atoms with Gasteiger partial charge in [0.05, 0.1) is 41.4 Å². The Kier molecular flexibility index (Phi) is 11.9. The van der Waals surface area contributed by atoms with Gasteiger partial charge in [0.2, 0.25) is 0 Å². The highest BCUT2D eigenvalue weighted by Crippen LogP contribution is 2.53. The number of hydrogen-bond acceptors (Lipinski definition) is 14. The van der Waals surface area contributed by atoms with Gasteiger partial charge in [-0.1, -0.05) is 38.1 Å². The van der Waals surface area contributed by atoms with Gasteiger partial charge in [0.1, 0.15) is 35.1 Å². The topological polar surface area (TPSA) is 214 Å². The zero-order valence-corrected chi connectivity index (χ0v) is 39.1. The van der Waals surface area contributed by atoms with Gasteiger partial charge in [0.25, 0.3) is 15.9 Å². The zero-order chi connectivity index (χ0) is 46.7. The lowest BCUT2D eigenvalue weighted by molar-refractivity contribution is -0.0912. The smallest absolute Gasteiger partial charge is 0.268 e. The van der Waals surface area contributed by atoms with E-state index in [4.69, 9.17) is 19.9 Å². The lowest BCUT2D eigenvalue weighted by atomic mass is 9.59. The molecule has 354 valence electrons. The molecule has 2 saturated heterocycles. The molecule has 5 aliphatic rings. The number of aromatic amines is 1. The van der Waals surface area contributed by atoms with Crippen molar-refractivity contribution < 1.29 is 32.5 Å². The number of anilines is 3. The number of hydrogen-bond donors (Lipinski definition) is 5. The summed E-state index contributed by atoms with van der Waals surface area (Å²) in [5, 5.41) is 17.7. The largest absolute Gasteiger partial charge is 0.489 e. The first-order valence-electron chi connectivity index (χ1n) is 23.6. The number of H-pyrrole nitrogens is 1. The summed E-state index contributed by atoms with van der Waals surface area (Å²) in [7, 11) is -4.57. The summed E-state index contributed by atoms with van der Waals surface area (Å²) in [6.45, 7) is 10.6. The van der Waals surface area contributed by atoms with Gasteiger partial charge < -0.3 is 40.3 Å². The van der Waals surface area contributed by atoms with Gasteiger partial charge in [-0.05, 0) is 122 Å². The average Bonchev–Trinajstić information content (AvgIpc) is 3.77. The highest BCUT2D eigenvalue weighted by Gasteiger charge is 2.50. The Labute approximate surface area is 391 Å². The number of benzene rings is 3. The van der Waals surface area contributed by atoms with Gasteiger partial charge in [-0.15, -0.1) is 4.91 Å². The Balaban J connectivity index is 0.859. The maximum absolute atomic E-state index is 14.2. The number of carbonyl (C=O) groups is 1. The third-order valence-electron chi connectivity index (χ3n) is 15.2. The van der Waals surface area contributed by atoms with Crippen LogP contribution < -0.4 is 30.1 Å². The van der Waals surface area contributed by atoms with E-state index in [1.807, 2.05) is 19.1 Å². The van der Waals surface area contributed by atoms with Gasteiger partial charge in [-0.2, -0.15) is 0 Å². The van der Waals surface area contributed by atoms with Crippen LogP contribution in [0.15, 0.2) is 83.0 Å². The Hall–Kier alpha value is -5.75. The van der Waals surface area contributed by atoms with E-state index in [0.717, 1.165) is 81.9 Å². The van der Waals surface area contributed by atoms with Gasteiger partial charge in [-0.3, -0.25) is 9.69 Å². The van der Waals surface area contributed by atoms with Crippen LogP contribution in [0.2, 0.25) is 0 Å². The predicted molar refractivity (Wildman–Crippen MR) is 257 cm³/mol. The van der Waals surface area contributed by atoms with Crippen LogP contribution in [0.5, 0.6) is 17.2 Å². The number of pyridine rings is 1. The Morgan fingerprint density at radius 1 is 1.00 bits per heavy atom. The van der Waals surface area contributed by atoms with Crippen molar-refractivity contribution in [1.82, 2.24) is 19.6 Å². The number of nitroso groups, excluding NO2 is 1. The molecule has 1 spiro atoms. The van der Waals surface area contributed by atoms with Crippen molar-refractivity contribution in [3.8, 4) is 17.2 Å². The molecule has 1 unspecified atom stereocenters. The predicted octanol–water partition coefficient (Wildman–Crippen LogP) is 8.51. The second-order valence-electron chi connectivity index (χ2n) is 20.0. The zero-order valence-electron chi connectivity index (χ0n) is 38.3. The number of sulfonamides is 1. The molecule has 0 bridgehead atoms. The molecule has 4 fully saturated rings. The SMILES string of the molecule is CC(C)c1ccccc1[C@H]1COCCN1C1CC2(CCN(c3ccc(C(=O)NS(=O)(=O)c4cc(N=O)c5c(c4)OCC(C4CCC(C)(O)CC4)N5)c(Oc4cc5cc[nH]c5nc4N)c3)CC2)C1. The maximum Gasteiger partial charge on any atom is 0.268 e. The molecule has 3 aromatic carbocycles. The fraction of sp³-hybridized carbons (Fsp3) is 0.480. The van der Waals surface area contributed by atoms with Crippen LogP contribution in [0.4, 0.5) is 22.9 Å². The summed E-state index contributed by atoms with van der Waals surface area (Å²) in [5.41, 5.74) is 10.1. The molecule has 17 heteroatoms. The molecule has 10 rings (SSSR count). The van der Waals surface area contributed by atoms with Crippen molar-refractivity contribution in [3.05, 3.63) is 94.5 Å². The van der Waals surface area contributed by atoms with Crippen LogP contribution in [0, 0.1) is 16.2 Å². The van der Waals surface area contributed by atoms with Gasteiger partial charge in [0.15, 0.2) is 11.6 Å². The normalized spacial score (nSPS) is 24.4. The molecule has 2 atom stereocenters. The highest BCUT2D eigenvalue weighted by molar-refractivity contribution is 7.90. The molecular weight excluding hydrogens is 873 g/mol. The number of ether oxygens (including phenoxy) is 3. The molecule has 2 aromatic heterocycles. The molecule has 2 saturated carbocycles. The van der Waals surface area contributed by atoms with Crippen LogP contribution in [0.25, 0.3) is 11.0 Å². The van der Waals surface area contributed by atoms with Crippen molar-refractivity contribution in [2.75, 3.05) is 55.4 Å². The summed E-state index contributed by atoms with van der Waals surface area (Å²) in [4.78, 5) is 38.4. The van der Waals surface area contributed by atoms with Crippen molar-refractivity contribution in [3.63, 3.8) is 0 Å². The number of fused-ring (bicyclic) bond motifs is 2. The Morgan fingerprint density at radius 2 is 1.78 bits per heavy atom. The van der Waals surface area contributed by atoms with Crippen molar-refractivity contribution in [1.29, 1.82) is 0 Å². The minimum atomic E-state index is -4.57. The van der Waals surface area contributed by atoms with Crippen LogP contribution >= 0.6 is 0 Å². The van der Waals surface area contributed by atoms with Gasteiger partial charge >= 0.3 is 0 Å². The quantitative estimate of drug-likeness (QED) is 0.0787. The fourth-order valence-electron chi connectivity index (χ4n) is 11.3. The van der Waals surface area contributed by atoms with Crippen LogP contribution in [0.3, 0.4) is 0 Å². The van der Waals surface area contributed by atoms with Crippen LogP contribution in [0.1, 0.15) is 106 Å². The van der Waals surface area contributed by atoms with Crippen molar-refractivity contribution in [2.45, 2.75) is 107 Å². The standard InChI is InChI=1S/C50H60N8O8S/c1-30(2)36-6-4-5-7-37(36)41-29-64-21-20-58(41)34-26-50(27-34)15-18-57(19-16-50)33-8-9-38(42(23-33)66-44-22-32-12-17-52-47(32)54-46(44)51)48(59)56-67(62,63)35-24-39(55-61)45-43(25-35)65-28-40(53-45)31-10-13-49(3,60)14-11-31/h4-9,12,17,22-25,30-31,34,40-41,53,60H,10-11,13-16,18-21,26-29H2,1-3H3,(H,56,59)(H3,51,52,54)/t31?,40?,41-,49?/m1/s1. The molecule has 16 nitrogen and oxygen atoms in total. The average molecular weight is 933 g/mol. The van der Waals surface area contributed by atoms with Crippen LogP contribution in [-0.4, -0.2) is 91.4 Å². The first kappa shape index (κ1) is 45.1. The third kappa shape index (κ3) is 8.94. The fourth-order valence-corrected chi connectivity index (χ4v) is 12.3. The molecule has 2 aliphatic carbocycles. The lowest BCUT2D eigenvalue weighted by Crippen LogP contribution is -2.58. The number of aromatic nitrogens is 2. The van der Waals surface area contributed by atoms with E-state index in [1.165, 1.54) is 17.2 Å². The highest BCUT2D eigenvalue weighted by atomic mass is 32.2. The van der Waals surface area contributed by atoms with E-state index in [9.17, 15) is 23.2 Å². The summed E-state index contributed by atoms with van der Waals surface area (Å²) in [6.07, 6.45) is 8.87. The first-order chi connectivity index (χ1) is 32.2. The van der Waals surface area contributed by atoms with E-state index in [1.54, 1.807) is 24.4 Å². The van der Waals surface area contributed by atoms with E-state index >= 15 is 0 Å². The molecule has 5 heterocycles. The number of morpholine rings is 1. The molecule has 3 aliphatic heterocycles.